The van der Waals surface area contributed by atoms with Crippen LogP contribution in [-0.2, 0) is 6.54 Å². The molecule has 0 aliphatic heterocycles. The van der Waals surface area contributed by atoms with Crippen molar-refractivity contribution >= 4 is 5.69 Å². The summed E-state index contributed by atoms with van der Waals surface area (Å²) in [5, 5.41) is 14.4. The van der Waals surface area contributed by atoms with E-state index in [1.54, 1.807) is 12.1 Å². The van der Waals surface area contributed by atoms with Gasteiger partial charge in [0.05, 0.1) is 4.92 Å². The van der Waals surface area contributed by atoms with Crippen LogP contribution in [0.1, 0.15) is 43.7 Å². The van der Waals surface area contributed by atoms with E-state index in [2.05, 4.69) is 12.2 Å². The lowest BCUT2D eigenvalue weighted by Crippen LogP contribution is -2.28. The van der Waals surface area contributed by atoms with Crippen LogP contribution >= 0.6 is 0 Å². The first-order valence-corrected chi connectivity index (χ1v) is 7.08. The minimum absolute atomic E-state index is 0.217. The quantitative estimate of drug-likeness (QED) is 0.603. The van der Waals surface area contributed by atoms with Gasteiger partial charge >= 0.3 is 0 Å². The largest absolute Gasteiger partial charge is 0.310 e. The molecule has 104 valence electrons. The Morgan fingerprint density at radius 1 is 1.47 bits per heavy atom. The van der Waals surface area contributed by atoms with Crippen molar-refractivity contribution in [1.29, 1.82) is 0 Å². The van der Waals surface area contributed by atoms with Crippen LogP contribution in [0.3, 0.4) is 0 Å². The van der Waals surface area contributed by atoms with Gasteiger partial charge in [0.15, 0.2) is 0 Å². The molecular weight excluding hydrogens is 240 g/mol. The number of hydrogen-bond donors (Lipinski definition) is 1. The van der Waals surface area contributed by atoms with Gasteiger partial charge in [-0.2, -0.15) is 0 Å². The Labute approximate surface area is 114 Å². The maximum atomic E-state index is 10.9. The van der Waals surface area contributed by atoms with E-state index >= 15 is 0 Å². The van der Waals surface area contributed by atoms with Crippen molar-refractivity contribution in [2.75, 3.05) is 0 Å². The van der Waals surface area contributed by atoms with Gasteiger partial charge in [-0.25, -0.2) is 0 Å². The molecule has 1 fully saturated rings. The zero-order chi connectivity index (χ0) is 13.8. The van der Waals surface area contributed by atoms with Crippen molar-refractivity contribution in [3.63, 3.8) is 0 Å². The molecule has 1 aromatic rings. The lowest BCUT2D eigenvalue weighted by Gasteiger charge is -2.17. The third-order valence-electron chi connectivity index (χ3n) is 4.00. The second-order valence-corrected chi connectivity index (χ2v) is 5.48. The molecule has 19 heavy (non-hydrogen) atoms. The molecule has 1 aliphatic rings. The zero-order valence-electron chi connectivity index (χ0n) is 11.7. The normalized spacial score (nSPS) is 16.3. The van der Waals surface area contributed by atoms with Crippen molar-refractivity contribution in [3.8, 4) is 0 Å². The Balaban J connectivity index is 1.97. The van der Waals surface area contributed by atoms with Gasteiger partial charge in [-0.3, -0.25) is 10.1 Å². The van der Waals surface area contributed by atoms with Gasteiger partial charge in [-0.05, 0) is 31.2 Å². The first-order valence-electron chi connectivity index (χ1n) is 7.08. The second kappa shape index (κ2) is 6.15. The zero-order valence-corrected chi connectivity index (χ0v) is 11.7. The highest BCUT2D eigenvalue weighted by Crippen LogP contribution is 2.34. The van der Waals surface area contributed by atoms with E-state index in [9.17, 15) is 10.1 Å². The molecule has 2 rings (SSSR count). The number of nitrogens with one attached hydrogen (secondary N) is 1. The van der Waals surface area contributed by atoms with Gasteiger partial charge in [0.25, 0.3) is 5.69 Å². The molecule has 1 aliphatic carbocycles. The van der Waals surface area contributed by atoms with Crippen molar-refractivity contribution in [1.82, 2.24) is 5.32 Å². The van der Waals surface area contributed by atoms with Crippen LogP contribution in [0.4, 0.5) is 5.69 Å². The standard InChI is InChI=1S/C15H22N2O2/c1-3-14(9-12-7-8-12)16-10-13-5-4-6-15(11(13)2)17(18)19/h4-6,12,14,16H,3,7-10H2,1-2H3. The van der Waals surface area contributed by atoms with Crippen molar-refractivity contribution in [2.24, 2.45) is 5.92 Å². The summed E-state index contributed by atoms with van der Waals surface area (Å²) >= 11 is 0. The van der Waals surface area contributed by atoms with E-state index in [1.165, 1.54) is 19.3 Å². The molecule has 1 N–H and O–H groups in total. The van der Waals surface area contributed by atoms with E-state index in [-0.39, 0.29) is 10.6 Å². The second-order valence-electron chi connectivity index (χ2n) is 5.48. The maximum Gasteiger partial charge on any atom is 0.272 e. The molecule has 1 saturated carbocycles. The fourth-order valence-corrected chi connectivity index (χ4v) is 2.46. The summed E-state index contributed by atoms with van der Waals surface area (Å²) in [7, 11) is 0. The van der Waals surface area contributed by atoms with E-state index in [4.69, 9.17) is 0 Å². The van der Waals surface area contributed by atoms with Crippen LogP contribution < -0.4 is 5.32 Å². The molecule has 0 amide bonds. The van der Waals surface area contributed by atoms with E-state index in [0.717, 1.165) is 30.0 Å². The van der Waals surface area contributed by atoms with Crippen LogP contribution in [0.25, 0.3) is 0 Å². The third-order valence-corrected chi connectivity index (χ3v) is 4.00. The van der Waals surface area contributed by atoms with Crippen LogP contribution in [0.5, 0.6) is 0 Å². The van der Waals surface area contributed by atoms with Crippen LogP contribution in [0.2, 0.25) is 0 Å². The average molecular weight is 262 g/mol. The lowest BCUT2D eigenvalue weighted by atomic mass is 10.0. The molecule has 0 bridgehead atoms. The molecule has 1 aromatic carbocycles. The molecule has 0 spiro atoms. The summed E-state index contributed by atoms with van der Waals surface area (Å²) in [6.45, 7) is 4.75. The molecule has 0 aromatic heterocycles. The molecule has 4 nitrogen and oxygen atoms in total. The van der Waals surface area contributed by atoms with Crippen LogP contribution in [0, 0.1) is 23.0 Å². The van der Waals surface area contributed by atoms with Gasteiger partial charge in [-0.1, -0.05) is 31.9 Å². The van der Waals surface area contributed by atoms with Gasteiger partial charge in [0.1, 0.15) is 0 Å². The highest BCUT2D eigenvalue weighted by atomic mass is 16.6. The summed E-state index contributed by atoms with van der Waals surface area (Å²) < 4.78 is 0. The highest BCUT2D eigenvalue weighted by Gasteiger charge is 2.24. The van der Waals surface area contributed by atoms with Crippen molar-refractivity contribution < 1.29 is 4.92 Å². The lowest BCUT2D eigenvalue weighted by molar-refractivity contribution is -0.385. The molecule has 0 heterocycles. The number of nitro benzene ring substituents is 1. The maximum absolute atomic E-state index is 10.9. The number of hydrogen-bond acceptors (Lipinski definition) is 3. The number of benzene rings is 1. The minimum Gasteiger partial charge on any atom is -0.310 e. The Hall–Kier alpha value is -1.42. The van der Waals surface area contributed by atoms with Gasteiger partial charge in [-0.15, -0.1) is 0 Å². The number of nitrogens with zero attached hydrogens (tertiary/aromatic N) is 1. The van der Waals surface area contributed by atoms with Gasteiger partial charge in [0.2, 0.25) is 0 Å². The predicted octanol–water partition coefficient (Wildman–Crippen LogP) is 3.57. The average Bonchev–Trinajstić information content (AvgIpc) is 3.19. The summed E-state index contributed by atoms with van der Waals surface area (Å²) in [6, 6.07) is 5.84. The first-order chi connectivity index (χ1) is 9.11. The Bertz CT molecular complexity index is 455. The Morgan fingerprint density at radius 3 is 2.79 bits per heavy atom. The summed E-state index contributed by atoms with van der Waals surface area (Å²) in [6.07, 6.45) is 5.09. The Kier molecular flexibility index (Phi) is 4.53. The van der Waals surface area contributed by atoms with Crippen molar-refractivity contribution in [2.45, 2.75) is 52.1 Å². The SMILES string of the molecule is CCC(CC1CC1)NCc1cccc([N+](=O)[O-])c1C. The molecule has 4 heteroatoms. The number of rotatable bonds is 7. The van der Waals surface area contributed by atoms with E-state index < -0.39 is 0 Å². The molecule has 0 saturated heterocycles. The molecule has 1 unspecified atom stereocenters. The Morgan fingerprint density at radius 2 is 2.21 bits per heavy atom. The van der Waals surface area contributed by atoms with Crippen LogP contribution in [-0.4, -0.2) is 11.0 Å². The summed E-state index contributed by atoms with van der Waals surface area (Å²) in [5.74, 6) is 0.906. The predicted molar refractivity (Wildman–Crippen MR) is 76.1 cm³/mol. The fraction of sp³-hybridized carbons (Fsp3) is 0.600. The summed E-state index contributed by atoms with van der Waals surface area (Å²) in [4.78, 5) is 10.6. The molecule has 1 atom stereocenters. The van der Waals surface area contributed by atoms with E-state index in [1.807, 2.05) is 13.0 Å². The van der Waals surface area contributed by atoms with Gasteiger partial charge < -0.3 is 5.32 Å². The van der Waals surface area contributed by atoms with E-state index in [0.29, 0.717) is 6.04 Å². The smallest absolute Gasteiger partial charge is 0.272 e. The number of nitro groups is 1. The fourth-order valence-electron chi connectivity index (χ4n) is 2.46. The third kappa shape index (κ3) is 3.77. The highest BCUT2D eigenvalue weighted by molar-refractivity contribution is 5.44. The van der Waals surface area contributed by atoms with Crippen LogP contribution in [0.15, 0.2) is 18.2 Å². The topological polar surface area (TPSA) is 55.2 Å². The van der Waals surface area contributed by atoms with Crippen molar-refractivity contribution in [3.05, 3.63) is 39.4 Å². The first kappa shape index (κ1) is 14.0. The summed E-state index contributed by atoms with van der Waals surface area (Å²) in [5.41, 5.74) is 2.03. The molecular formula is C15H22N2O2. The molecule has 0 radical (unpaired) electrons. The monoisotopic (exact) mass is 262 g/mol. The minimum atomic E-state index is -0.305. The van der Waals surface area contributed by atoms with Gasteiger partial charge in [0, 0.05) is 24.2 Å².